The minimum absolute atomic E-state index is 0.0272. The lowest BCUT2D eigenvalue weighted by Gasteiger charge is -2.21. The standard InChI is InChI=1S/C24H33N5O3/c1-8-18-19(14(2)3)29-22(20(28-18)21(25)30)27-17-11-9-10-16(12-17)15(4)13-26-23(31)32-24(5,6)7/h9-12,15H,2,8,13H2,1,3-7H3,(H2,25,30)(H,26,31)(H,27,29)/t15-/m0/s1. The van der Waals surface area contributed by atoms with Crippen molar-refractivity contribution in [2.24, 2.45) is 5.73 Å². The molecule has 32 heavy (non-hydrogen) atoms. The first-order chi connectivity index (χ1) is 14.9. The number of carbonyl (C=O) groups excluding carboxylic acids is 2. The SMILES string of the molecule is C=C(C)c1nc(Nc2cccc([C@@H](C)CNC(=O)OC(C)(C)C)c2)c(C(N)=O)nc1CC. The molecule has 0 fully saturated rings. The van der Waals surface area contributed by atoms with Crippen LogP contribution in [0, 0.1) is 0 Å². The van der Waals surface area contributed by atoms with Crippen LogP contribution in [0.15, 0.2) is 30.8 Å². The lowest BCUT2D eigenvalue weighted by molar-refractivity contribution is 0.0525. The Balaban J connectivity index is 2.24. The van der Waals surface area contributed by atoms with Crippen LogP contribution in [-0.2, 0) is 11.2 Å². The summed E-state index contributed by atoms with van der Waals surface area (Å²) in [6.07, 6.45) is 0.149. The summed E-state index contributed by atoms with van der Waals surface area (Å²) in [4.78, 5) is 32.9. The van der Waals surface area contributed by atoms with Crippen LogP contribution in [0.2, 0.25) is 0 Å². The van der Waals surface area contributed by atoms with E-state index >= 15 is 0 Å². The molecule has 1 aromatic carbocycles. The molecule has 2 amide bonds. The Hall–Kier alpha value is -3.42. The Morgan fingerprint density at radius 3 is 2.47 bits per heavy atom. The van der Waals surface area contributed by atoms with E-state index in [-0.39, 0.29) is 17.4 Å². The van der Waals surface area contributed by atoms with Gasteiger partial charge in [-0.25, -0.2) is 14.8 Å². The van der Waals surface area contributed by atoms with Crippen molar-refractivity contribution in [2.75, 3.05) is 11.9 Å². The fourth-order valence-electron chi connectivity index (χ4n) is 3.05. The third-order valence-corrected chi connectivity index (χ3v) is 4.61. The van der Waals surface area contributed by atoms with Crippen LogP contribution >= 0.6 is 0 Å². The Kier molecular flexibility index (Phi) is 7.97. The summed E-state index contributed by atoms with van der Waals surface area (Å²) in [5.41, 5.74) is 8.87. The van der Waals surface area contributed by atoms with Crippen molar-refractivity contribution in [2.45, 2.75) is 59.5 Å². The number of hydrogen-bond donors (Lipinski definition) is 3. The molecule has 172 valence electrons. The van der Waals surface area contributed by atoms with E-state index in [0.29, 0.717) is 24.4 Å². The zero-order chi connectivity index (χ0) is 24.1. The first-order valence-corrected chi connectivity index (χ1v) is 10.6. The number of rotatable bonds is 8. The first-order valence-electron chi connectivity index (χ1n) is 10.6. The summed E-state index contributed by atoms with van der Waals surface area (Å²) in [7, 11) is 0. The second-order valence-electron chi connectivity index (χ2n) is 8.75. The molecule has 0 bridgehead atoms. The summed E-state index contributed by atoms with van der Waals surface area (Å²) < 4.78 is 5.28. The lowest BCUT2D eigenvalue weighted by atomic mass is 10.0. The van der Waals surface area contributed by atoms with Crippen LogP contribution in [0.4, 0.5) is 16.3 Å². The molecule has 0 saturated heterocycles. The minimum atomic E-state index is -0.658. The summed E-state index contributed by atoms with van der Waals surface area (Å²) in [6.45, 7) is 15.6. The van der Waals surface area contributed by atoms with Crippen molar-refractivity contribution in [3.8, 4) is 0 Å². The maximum Gasteiger partial charge on any atom is 0.407 e. The number of benzene rings is 1. The van der Waals surface area contributed by atoms with Crippen LogP contribution in [0.25, 0.3) is 5.57 Å². The Morgan fingerprint density at radius 2 is 1.91 bits per heavy atom. The Bertz CT molecular complexity index is 1010. The van der Waals surface area contributed by atoms with E-state index in [9.17, 15) is 9.59 Å². The summed E-state index contributed by atoms with van der Waals surface area (Å²) in [6, 6.07) is 7.64. The van der Waals surface area contributed by atoms with E-state index in [1.54, 1.807) is 0 Å². The number of amides is 2. The van der Waals surface area contributed by atoms with Gasteiger partial charge in [0.1, 0.15) is 5.60 Å². The number of nitrogens with one attached hydrogen (secondary N) is 2. The highest BCUT2D eigenvalue weighted by Gasteiger charge is 2.19. The zero-order valence-corrected chi connectivity index (χ0v) is 19.7. The average molecular weight is 440 g/mol. The van der Waals surface area contributed by atoms with E-state index in [2.05, 4.69) is 27.2 Å². The van der Waals surface area contributed by atoms with Crippen LogP contribution in [0.1, 0.15) is 74.9 Å². The number of hydrogen-bond acceptors (Lipinski definition) is 6. The van der Waals surface area contributed by atoms with Gasteiger partial charge in [0.15, 0.2) is 11.5 Å². The molecule has 0 saturated carbocycles. The van der Waals surface area contributed by atoms with Gasteiger partial charge in [0.2, 0.25) is 0 Å². The predicted molar refractivity (Wildman–Crippen MR) is 127 cm³/mol. The van der Waals surface area contributed by atoms with Crippen LogP contribution in [0.3, 0.4) is 0 Å². The number of aryl methyl sites for hydroxylation is 1. The largest absolute Gasteiger partial charge is 0.444 e. The van der Waals surface area contributed by atoms with Gasteiger partial charge in [-0.05, 0) is 63.3 Å². The Morgan fingerprint density at radius 1 is 1.22 bits per heavy atom. The van der Waals surface area contributed by atoms with Gasteiger partial charge >= 0.3 is 6.09 Å². The van der Waals surface area contributed by atoms with Gasteiger partial charge in [0.25, 0.3) is 5.91 Å². The number of allylic oxidation sites excluding steroid dienone is 1. The number of nitrogens with two attached hydrogens (primary N) is 1. The molecule has 0 aliphatic rings. The molecule has 1 heterocycles. The molecule has 0 unspecified atom stereocenters. The number of carbonyl (C=O) groups is 2. The van der Waals surface area contributed by atoms with Gasteiger partial charge < -0.3 is 21.1 Å². The number of alkyl carbamates (subject to hydrolysis) is 1. The maximum atomic E-state index is 12.0. The molecule has 0 aliphatic carbocycles. The van der Waals surface area contributed by atoms with Gasteiger partial charge in [-0.1, -0.05) is 32.6 Å². The van der Waals surface area contributed by atoms with Gasteiger partial charge in [0, 0.05) is 12.2 Å². The molecule has 0 radical (unpaired) electrons. The first kappa shape index (κ1) is 24.8. The van der Waals surface area contributed by atoms with Gasteiger partial charge in [-0.15, -0.1) is 0 Å². The van der Waals surface area contributed by atoms with Crippen molar-refractivity contribution in [3.05, 3.63) is 53.5 Å². The van der Waals surface area contributed by atoms with E-state index < -0.39 is 17.6 Å². The number of aromatic nitrogens is 2. The highest BCUT2D eigenvalue weighted by molar-refractivity contribution is 5.96. The van der Waals surface area contributed by atoms with Gasteiger partial charge in [0.05, 0.1) is 11.4 Å². The van der Waals surface area contributed by atoms with Crippen LogP contribution in [0.5, 0.6) is 0 Å². The van der Waals surface area contributed by atoms with Crippen molar-refractivity contribution < 1.29 is 14.3 Å². The zero-order valence-electron chi connectivity index (χ0n) is 19.7. The summed E-state index contributed by atoms with van der Waals surface area (Å²) >= 11 is 0. The summed E-state index contributed by atoms with van der Waals surface area (Å²) in [5, 5.41) is 5.95. The van der Waals surface area contributed by atoms with E-state index in [1.807, 2.05) is 65.8 Å². The second kappa shape index (κ2) is 10.3. The average Bonchev–Trinajstić information content (AvgIpc) is 2.70. The molecule has 1 atom stereocenters. The number of anilines is 2. The van der Waals surface area contributed by atoms with Gasteiger partial charge in [-0.2, -0.15) is 0 Å². The molecule has 8 heteroatoms. The van der Waals surface area contributed by atoms with Crippen molar-refractivity contribution >= 4 is 29.1 Å². The quantitative estimate of drug-likeness (QED) is 0.555. The molecule has 4 N–H and O–H groups in total. The molecule has 1 aromatic heterocycles. The van der Waals surface area contributed by atoms with E-state index in [4.69, 9.17) is 10.5 Å². The van der Waals surface area contributed by atoms with E-state index in [0.717, 1.165) is 16.8 Å². The summed E-state index contributed by atoms with van der Waals surface area (Å²) in [5.74, 6) is -0.349. The van der Waals surface area contributed by atoms with E-state index in [1.165, 1.54) is 0 Å². The molecule has 2 rings (SSSR count). The van der Waals surface area contributed by atoms with Crippen molar-refractivity contribution in [3.63, 3.8) is 0 Å². The fourth-order valence-corrected chi connectivity index (χ4v) is 3.05. The van der Waals surface area contributed by atoms with Crippen LogP contribution in [-0.4, -0.2) is 34.1 Å². The molecule has 0 spiro atoms. The monoisotopic (exact) mass is 439 g/mol. The normalized spacial score (nSPS) is 12.1. The fraction of sp³-hybridized carbons (Fsp3) is 0.417. The third kappa shape index (κ3) is 6.80. The molecular formula is C24H33N5O3. The number of ether oxygens (including phenoxy) is 1. The molecule has 2 aromatic rings. The maximum absolute atomic E-state index is 12.0. The Labute approximate surface area is 189 Å². The number of nitrogens with zero attached hydrogens (tertiary/aromatic N) is 2. The van der Waals surface area contributed by atoms with Gasteiger partial charge in [-0.3, -0.25) is 4.79 Å². The highest BCUT2D eigenvalue weighted by Crippen LogP contribution is 2.25. The minimum Gasteiger partial charge on any atom is -0.444 e. The van der Waals surface area contributed by atoms with Crippen molar-refractivity contribution in [1.82, 2.24) is 15.3 Å². The lowest BCUT2D eigenvalue weighted by Crippen LogP contribution is -2.34. The highest BCUT2D eigenvalue weighted by atomic mass is 16.6. The van der Waals surface area contributed by atoms with Crippen molar-refractivity contribution in [1.29, 1.82) is 0 Å². The number of primary amides is 1. The van der Waals surface area contributed by atoms with Crippen LogP contribution < -0.4 is 16.4 Å². The molecular weight excluding hydrogens is 406 g/mol. The molecule has 8 nitrogen and oxygen atoms in total. The molecule has 0 aliphatic heterocycles. The predicted octanol–water partition coefficient (Wildman–Crippen LogP) is 4.54. The topological polar surface area (TPSA) is 119 Å². The smallest absolute Gasteiger partial charge is 0.407 e. The third-order valence-electron chi connectivity index (χ3n) is 4.61. The second-order valence-corrected chi connectivity index (χ2v) is 8.75.